The minimum Gasteiger partial charge on any atom is -0.396 e. The molecule has 0 amide bonds. The van der Waals surface area contributed by atoms with E-state index in [9.17, 15) is 25.2 Å². The van der Waals surface area contributed by atoms with E-state index in [0.717, 1.165) is 55.1 Å². The number of hydrogen-bond donors (Lipinski definition) is 5. The number of hydrogen-bond acceptors (Lipinski definition) is 6. The van der Waals surface area contributed by atoms with Gasteiger partial charge in [-0.25, -0.2) is 0 Å². The van der Waals surface area contributed by atoms with Crippen LogP contribution in [0, 0.1) is 29.1 Å². The van der Waals surface area contributed by atoms with Crippen LogP contribution in [0.4, 0.5) is 0 Å². The maximum Gasteiger partial charge on any atom is 0.145 e. The molecule has 0 aromatic rings. The summed E-state index contributed by atoms with van der Waals surface area (Å²) in [6, 6.07) is 0. The molecule has 0 heterocycles. The lowest BCUT2D eigenvalue weighted by Crippen LogP contribution is -2.65. The second kappa shape index (κ2) is 17.2. The molecule has 6 heteroatoms. The van der Waals surface area contributed by atoms with Crippen molar-refractivity contribution in [2.75, 3.05) is 20.2 Å². The number of allylic oxidation sites excluding steroid dienone is 10. The normalized spacial score (nSPS) is 33.1. The van der Waals surface area contributed by atoms with Crippen LogP contribution < -0.4 is 5.32 Å². The molecule has 3 aliphatic rings. The topological polar surface area (TPSA) is 110 Å². The second-order valence-corrected chi connectivity index (χ2v) is 14.1. The number of nitrogens with one attached hydrogen (secondary N) is 1. The van der Waals surface area contributed by atoms with Gasteiger partial charge in [0, 0.05) is 23.9 Å². The third kappa shape index (κ3) is 8.26. The Hall–Kier alpha value is -2.09. The van der Waals surface area contributed by atoms with E-state index in [2.05, 4.69) is 50.9 Å². The van der Waals surface area contributed by atoms with Crippen LogP contribution in [0.15, 0.2) is 70.9 Å². The van der Waals surface area contributed by atoms with Gasteiger partial charge in [-0.3, -0.25) is 4.79 Å². The molecule has 252 valence electrons. The van der Waals surface area contributed by atoms with Crippen molar-refractivity contribution in [2.24, 2.45) is 29.1 Å². The average Bonchev–Trinajstić information content (AvgIpc) is 3.35. The fourth-order valence-electron chi connectivity index (χ4n) is 8.73. The molecular weight excluding hydrogens is 562 g/mol. The first-order valence-electron chi connectivity index (χ1n) is 17.4. The number of fused-ring (bicyclic) bond motifs is 3. The zero-order valence-electron chi connectivity index (χ0n) is 28.6. The van der Waals surface area contributed by atoms with Crippen LogP contribution in [0.25, 0.3) is 0 Å². The van der Waals surface area contributed by atoms with Gasteiger partial charge in [0.05, 0.1) is 17.8 Å². The van der Waals surface area contributed by atoms with Crippen LogP contribution in [0.2, 0.25) is 0 Å². The molecular formula is C39H61NO5. The number of carbonyl (C=O) groups is 1. The lowest BCUT2D eigenvalue weighted by molar-refractivity contribution is -0.194. The van der Waals surface area contributed by atoms with Gasteiger partial charge in [-0.1, -0.05) is 85.9 Å². The highest BCUT2D eigenvalue weighted by Gasteiger charge is 2.68. The Kier molecular flexibility index (Phi) is 14.3. The van der Waals surface area contributed by atoms with Crippen molar-refractivity contribution in [3.8, 4) is 0 Å². The summed E-state index contributed by atoms with van der Waals surface area (Å²) in [5.41, 5.74) is 2.63. The highest BCUT2D eigenvalue weighted by molar-refractivity contribution is 5.74. The summed E-state index contributed by atoms with van der Waals surface area (Å²) >= 11 is 0. The fraction of sp³-hybridized carbons (Fsp3) is 0.667. The number of carbonyl (C=O) groups excluding carboxylic acids is 1. The molecule has 2 fully saturated rings. The first-order chi connectivity index (χ1) is 21.5. The Morgan fingerprint density at radius 3 is 2.62 bits per heavy atom. The molecule has 0 aliphatic heterocycles. The molecule has 8 unspecified atom stereocenters. The summed E-state index contributed by atoms with van der Waals surface area (Å²) < 4.78 is 0. The van der Waals surface area contributed by atoms with Crippen molar-refractivity contribution in [1.29, 1.82) is 0 Å². The van der Waals surface area contributed by atoms with Gasteiger partial charge in [0.15, 0.2) is 0 Å². The minimum atomic E-state index is -1.20. The molecule has 45 heavy (non-hydrogen) atoms. The zero-order valence-corrected chi connectivity index (χ0v) is 28.6. The van der Waals surface area contributed by atoms with Crippen LogP contribution in [0.5, 0.6) is 0 Å². The van der Waals surface area contributed by atoms with E-state index < -0.39 is 23.2 Å². The summed E-state index contributed by atoms with van der Waals surface area (Å²) in [5.74, 6) is -0.841. The number of aliphatic hydroxyl groups excluding tert-OH is 3. The molecule has 0 aromatic carbocycles. The molecule has 6 nitrogen and oxygen atoms in total. The van der Waals surface area contributed by atoms with Gasteiger partial charge in [0.1, 0.15) is 6.29 Å². The Morgan fingerprint density at radius 2 is 1.98 bits per heavy atom. The van der Waals surface area contributed by atoms with Crippen LogP contribution in [0.3, 0.4) is 0 Å². The predicted octanol–water partition coefficient (Wildman–Crippen LogP) is 6.53. The van der Waals surface area contributed by atoms with Crippen LogP contribution in [0.1, 0.15) is 98.3 Å². The molecule has 3 rings (SSSR count). The minimum absolute atomic E-state index is 0.0161. The lowest BCUT2D eigenvalue weighted by atomic mass is 9.45. The number of rotatable bonds is 17. The van der Waals surface area contributed by atoms with Crippen molar-refractivity contribution in [3.63, 3.8) is 0 Å². The average molecular weight is 624 g/mol. The van der Waals surface area contributed by atoms with Crippen molar-refractivity contribution >= 4 is 6.29 Å². The molecule has 1 spiro atoms. The van der Waals surface area contributed by atoms with Crippen molar-refractivity contribution in [2.45, 2.75) is 116 Å². The van der Waals surface area contributed by atoms with Crippen molar-refractivity contribution in [3.05, 3.63) is 70.9 Å². The van der Waals surface area contributed by atoms with Gasteiger partial charge < -0.3 is 25.7 Å². The van der Waals surface area contributed by atoms with Gasteiger partial charge in [0.25, 0.3) is 0 Å². The molecule has 8 atom stereocenters. The Morgan fingerprint density at radius 1 is 1.22 bits per heavy atom. The monoisotopic (exact) mass is 623 g/mol. The summed E-state index contributed by atoms with van der Waals surface area (Å²) in [5, 5.41) is 50.3. The fourth-order valence-corrected chi connectivity index (χ4v) is 8.73. The van der Waals surface area contributed by atoms with Crippen molar-refractivity contribution < 1.29 is 25.2 Å². The Labute approximate surface area is 272 Å². The van der Waals surface area contributed by atoms with E-state index in [1.165, 1.54) is 5.57 Å². The van der Waals surface area contributed by atoms with Gasteiger partial charge >= 0.3 is 0 Å². The standard InChI is InChI=1S/C39H61NO5/c1-7-8-9-16-34(43)32(15-11-14-28(4)13-10-12-27(2)3)33-19-21-39(37(33)44)36-30(20-24-41)17-18-31(35(36)29(5)26-42)25-38(39,45)22-23-40-6/h11-12,14-15,17-18,26,30-31,33-34,36-37,40-41,43-45H,4,7-10,13,16,19-25H2,1-3,5-6H3. The summed E-state index contributed by atoms with van der Waals surface area (Å²) in [7, 11) is 1.87. The van der Waals surface area contributed by atoms with E-state index in [1.807, 2.05) is 32.2 Å². The maximum atomic E-state index is 12.7. The van der Waals surface area contributed by atoms with E-state index in [4.69, 9.17) is 0 Å². The molecule has 0 radical (unpaired) electrons. The van der Waals surface area contributed by atoms with Crippen LogP contribution in [-0.2, 0) is 4.79 Å². The first-order valence-corrected chi connectivity index (χ1v) is 17.4. The summed E-state index contributed by atoms with van der Waals surface area (Å²) in [6.07, 6.45) is 19.6. The second-order valence-electron chi connectivity index (χ2n) is 14.1. The molecule has 0 aromatic heterocycles. The SMILES string of the molecule is C=C(C=CC=C(C(O)CCCCC)C1CCC2(C1O)C1C(=C(C)C=O)C(C=CC1CCO)CC2(O)CCNC)CCC=C(C)C. The number of unbranched alkanes of at least 4 members (excludes halogenated alkanes) is 2. The maximum absolute atomic E-state index is 12.7. The summed E-state index contributed by atoms with van der Waals surface area (Å²) in [6.45, 7) is 13.0. The Bertz CT molecular complexity index is 1160. The quantitative estimate of drug-likeness (QED) is 0.0414. The van der Waals surface area contributed by atoms with E-state index in [0.29, 0.717) is 50.6 Å². The molecule has 2 bridgehead atoms. The van der Waals surface area contributed by atoms with Gasteiger partial charge in [-0.15, -0.1) is 0 Å². The number of aldehydes is 1. The highest BCUT2D eigenvalue weighted by atomic mass is 16.3. The molecule has 3 aliphatic carbocycles. The third-order valence-corrected chi connectivity index (χ3v) is 10.9. The largest absolute Gasteiger partial charge is 0.396 e. The van der Waals surface area contributed by atoms with E-state index >= 15 is 0 Å². The smallest absolute Gasteiger partial charge is 0.145 e. The van der Waals surface area contributed by atoms with Crippen LogP contribution in [-0.4, -0.2) is 64.7 Å². The Balaban J connectivity index is 2.11. The third-order valence-electron chi connectivity index (χ3n) is 10.9. The zero-order chi connectivity index (χ0) is 33.2. The van der Waals surface area contributed by atoms with Gasteiger partial charge in [-0.2, -0.15) is 0 Å². The molecule has 2 saturated carbocycles. The van der Waals surface area contributed by atoms with Gasteiger partial charge in [-0.05, 0) is 109 Å². The molecule has 5 N–H and O–H groups in total. The van der Waals surface area contributed by atoms with Crippen molar-refractivity contribution in [1.82, 2.24) is 5.32 Å². The highest BCUT2D eigenvalue weighted by Crippen LogP contribution is 2.67. The predicted molar refractivity (Wildman–Crippen MR) is 185 cm³/mol. The summed E-state index contributed by atoms with van der Waals surface area (Å²) in [4.78, 5) is 12.3. The van der Waals surface area contributed by atoms with E-state index in [-0.39, 0.29) is 30.3 Å². The first kappa shape index (κ1) is 37.4. The van der Waals surface area contributed by atoms with Crippen LogP contribution >= 0.6 is 0 Å². The lowest BCUT2D eigenvalue weighted by Gasteiger charge is -2.61. The number of aliphatic hydroxyl groups is 4. The van der Waals surface area contributed by atoms with E-state index in [1.54, 1.807) is 0 Å². The van der Waals surface area contributed by atoms with Gasteiger partial charge in [0.2, 0.25) is 0 Å². The molecule has 0 saturated heterocycles.